The van der Waals surface area contributed by atoms with E-state index in [1.54, 1.807) is 18.2 Å². The van der Waals surface area contributed by atoms with Crippen molar-refractivity contribution < 1.29 is 14.3 Å². The Balaban J connectivity index is 2.04. The zero-order valence-corrected chi connectivity index (χ0v) is 13.2. The highest BCUT2D eigenvalue weighted by molar-refractivity contribution is 6.31. The molecule has 0 aliphatic carbocycles. The maximum atomic E-state index is 12.1. The van der Waals surface area contributed by atoms with Crippen LogP contribution < -0.4 is 16.0 Å². The van der Waals surface area contributed by atoms with Crippen LogP contribution in [0.5, 0.6) is 0 Å². The fraction of sp³-hybridized carbons (Fsp3) is 0.467. The van der Waals surface area contributed by atoms with Crippen molar-refractivity contribution in [2.45, 2.75) is 19.4 Å². The molecule has 1 atom stereocenters. The number of morpholine rings is 1. The van der Waals surface area contributed by atoms with E-state index in [0.717, 1.165) is 6.54 Å². The number of hydrogen-bond donors (Lipinski definition) is 3. The van der Waals surface area contributed by atoms with E-state index in [4.69, 9.17) is 16.3 Å². The average Bonchev–Trinajstić information content (AvgIpc) is 2.50. The van der Waals surface area contributed by atoms with Crippen LogP contribution >= 0.6 is 11.6 Å². The van der Waals surface area contributed by atoms with Crippen LogP contribution in [-0.2, 0) is 9.53 Å². The normalized spacial score (nSPS) is 17.8. The Morgan fingerprint density at radius 2 is 2.27 bits per heavy atom. The van der Waals surface area contributed by atoms with Crippen molar-refractivity contribution in [2.75, 3.05) is 31.6 Å². The third-order valence-electron chi connectivity index (χ3n) is 3.27. The molecule has 0 aromatic heterocycles. The molecule has 0 spiro atoms. The highest BCUT2D eigenvalue weighted by atomic mass is 35.5. The number of nitrogens with one attached hydrogen (secondary N) is 3. The lowest BCUT2D eigenvalue weighted by Crippen LogP contribution is -2.43. The van der Waals surface area contributed by atoms with Crippen molar-refractivity contribution >= 4 is 29.1 Å². The van der Waals surface area contributed by atoms with E-state index < -0.39 is 0 Å². The second kappa shape index (κ2) is 8.12. The molecule has 1 aromatic carbocycles. The van der Waals surface area contributed by atoms with Crippen LogP contribution in [0.15, 0.2) is 18.2 Å². The van der Waals surface area contributed by atoms with Gasteiger partial charge < -0.3 is 20.7 Å². The quantitative estimate of drug-likeness (QED) is 0.764. The van der Waals surface area contributed by atoms with Crippen LogP contribution in [0.25, 0.3) is 0 Å². The van der Waals surface area contributed by atoms with E-state index >= 15 is 0 Å². The molecule has 22 heavy (non-hydrogen) atoms. The van der Waals surface area contributed by atoms with Gasteiger partial charge in [0.2, 0.25) is 5.91 Å². The Hall–Kier alpha value is -1.63. The number of amides is 2. The van der Waals surface area contributed by atoms with Gasteiger partial charge in [-0.05, 0) is 25.1 Å². The van der Waals surface area contributed by atoms with Gasteiger partial charge in [0.15, 0.2) is 0 Å². The summed E-state index contributed by atoms with van der Waals surface area (Å²) in [6, 6.07) is 4.82. The van der Waals surface area contributed by atoms with Gasteiger partial charge in [0.25, 0.3) is 5.91 Å². The minimum atomic E-state index is -0.264. The summed E-state index contributed by atoms with van der Waals surface area (Å²) in [5, 5.41) is 9.14. The number of carbonyl (C=O) groups excluding carboxylic acids is 2. The molecule has 0 bridgehead atoms. The monoisotopic (exact) mass is 325 g/mol. The van der Waals surface area contributed by atoms with Crippen molar-refractivity contribution in [2.24, 2.45) is 0 Å². The third-order valence-corrected chi connectivity index (χ3v) is 3.50. The zero-order chi connectivity index (χ0) is 15.9. The molecule has 1 fully saturated rings. The molecule has 7 heteroatoms. The van der Waals surface area contributed by atoms with Crippen molar-refractivity contribution in [3.8, 4) is 0 Å². The van der Waals surface area contributed by atoms with Gasteiger partial charge in [-0.15, -0.1) is 0 Å². The number of ether oxygens (including phenoxy) is 1. The summed E-state index contributed by atoms with van der Waals surface area (Å²) in [6.45, 7) is 4.24. The first kappa shape index (κ1) is 16.7. The van der Waals surface area contributed by atoms with Gasteiger partial charge in [-0.25, -0.2) is 0 Å². The lowest BCUT2D eigenvalue weighted by atomic mass is 10.1. The molecule has 3 N–H and O–H groups in total. The number of benzene rings is 1. The van der Waals surface area contributed by atoms with Gasteiger partial charge in [-0.2, -0.15) is 0 Å². The highest BCUT2D eigenvalue weighted by Gasteiger charge is 2.19. The van der Waals surface area contributed by atoms with Crippen molar-refractivity contribution in [1.82, 2.24) is 10.6 Å². The second-order valence-corrected chi connectivity index (χ2v) is 5.46. The Kier molecular flexibility index (Phi) is 6.18. The topological polar surface area (TPSA) is 79.5 Å². The summed E-state index contributed by atoms with van der Waals surface area (Å²) in [5.41, 5.74) is 0.813. The smallest absolute Gasteiger partial charge is 0.253 e. The Morgan fingerprint density at radius 3 is 2.95 bits per heavy atom. The molecule has 6 nitrogen and oxygen atoms in total. The summed E-state index contributed by atoms with van der Waals surface area (Å²) in [6.07, 6.45) is 0.289. The number of hydrogen-bond acceptors (Lipinski definition) is 4. The molecule has 1 aliphatic rings. The van der Waals surface area contributed by atoms with Crippen molar-refractivity contribution in [3.05, 3.63) is 28.8 Å². The van der Waals surface area contributed by atoms with Crippen LogP contribution in [0.4, 0.5) is 5.69 Å². The first-order valence-electron chi connectivity index (χ1n) is 7.29. The summed E-state index contributed by atoms with van der Waals surface area (Å²) in [4.78, 5) is 24.2. The van der Waals surface area contributed by atoms with Gasteiger partial charge in [0.05, 0.1) is 24.5 Å². The summed E-state index contributed by atoms with van der Waals surface area (Å²) in [5.74, 6) is -0.435. The molecule has 1 saturated heterocycles. The van der Waals surface area contributed by atoms with Gasteiger partial charge in [0, 0.05) is 30.6 Å². The van der Waals surface area contributed by atoms with Gasteiger partial charge in [-0.3, -0.25) is 9.59 Å². The van der Waals surface area contributed by atoms with Gasteiger partial charge in [-0.1, -0.05) is 11.6 Å². The minimum Gasteiger partial charge on any atom is -0.378 e. The molecule has 1 aliphatic heterocycles. The SMILES string of the molecule is CCNC(=O)c1cc(Cl)ccc1NC(=O)CC1COCCN1. The first-order chi connectivity index (χ1) is 10.6. The Bertz CT molecular complexity index is 545. The van der Waals surface area contributed by atoms with E-state index in [9.17, 15) is 9.59 Å². The summed E-state index contributed by atoms with van der Waals surface area (Å²) in [7, 11) is 0. The molecule has 1 heterocycles. The molecule has 2 amide bonds. The number of anilines is 1. The van der Waals surface area contributed by atoms with E-state index in [0.29, 0.717) is 36.0 Å². The summed E-state index contributed by atoms with van der Waals surface area (Å²) >= 11 is 5.93. The third kappa shape index (κ3) is 4.69. The molecular formula is C15H20ClN3O3. The number of halogens is 1. The van der Waals surface area contributed by atoms with Crippen LogP contribution in [-0.4, -0.2) is 44.2 Å². The lowest BCUT2D eigenvalue weighted by molar-refractivity contribution is -0.117. The predicted molar refractivity (Wildman–Crippen MR) is 85.3 cm³/mol. The predicted octanol–water partition coefficient (Wildman–Crippen LogP) is 1.41. The van der Waals surface area contributed by atoms with E-state index in [1.807, 2.05) is 6.92 Å². The van der Waals surface area contributed by atoms with Gasteiger partial charge in [0.1, 0.15) is 0 Å². The van der Waals surface area contributed by atoms with Crippen molar-refractivity contribution in [3.63, 3.8) is 0 Å². The average molecular weight is 326 g/mol. The molecule has 0 radical (unpaired) electrons. The molecule has 2 rings (SSSR count). The minimum absolute atomic E-state index is 0.00558. The first-order valence-corrected chi connectivity index (χ1v) is 7.66. The molecular weight excluding hydrogens is 306 g/mol. The summed E-state index contributed by atoms with van der Waals surface area (Å²) < 4.78 is 5.32. The maximum absolute atomic E-state index is 12.1. The maximum Gasteiger partial charge on any atom is 0.253 e. The molecule has 1 unspecified atom stereocenters. The van der Waals surface area contributed by atoms with E-state index in [2.05, 4.69) is 16.0 Å². The molecule has 1 aromatic rings. The van der Waals surface area contributed by atoms with E-state index in [1.165, 1.54) is 0 Å². The van der Waals surface area contributed by atoms with E-state index in [-0.39, 0.29) is 24.3 Å². The fourth-order valence-corrected chi connectivity index (χ4v) is 2.42. The molecule has 120 valence electrons. The molecule has 0 saturated carbocycles. The lowest BCUT2D eigenvalue weighted by Gasteiger charge is -2.23. The highest BCUT2D eigenvalue weighted by Crippen LogP contribution is 2.21. The Labute approximate surface area is 134 Å². The fourth-order valence-electron chi connectivity index (χ4n) is 2.24. The number of rotatable bonds is 5. The van der Waals surface area contributed by atoms with Crippen LogP contribution in [0.2, 0.25) is 5.02 Å². The second-order valence-electron chi connectivity index (χ2n) is 5.03. The Morgan fingerprint density at radius 1 is 1.45 bits per heavy atom. The standard InChI is InChI=1S/C15H20ClN3O3/c1-2-17-15(21)12-7-10(16)3-4-13(12)19-14(20)8-11-9-22-6-5-18-11/h3-4,7,11,18H,2,5-6,8-9H2,1H3,(H,17,21)(H,19,20). The zero-order valence-electron chi connectivity index (χ0n) is 12.4. The van der Waals surface area contributed by atoms with Crippen LogP contribution in [0.3, 0.4) is 0 Å². The number of carbonyl (C=O) groups is 2. The van der Waals surface area contributed by atoms with Gasteiger partial charge >= 0.3 is 0 Å². The largest absolute Gasteiger partial charge is 0.378 e. The van der Waals surface area contributed by atoms with Crippen LogP contribution in [0.1, 0.15) is 23.7 Å². The van der Waals surface area contributed by atoms with Crippen molar-refractivity contribution in [1.29, 1.82) is 0 Å². The van der Waals surface area contributed by atoms with Crippen LogP contribution in [0, 0.1) is 0 Å².